The van der Waals surface area contributed by atoms with Gasteiger partial charge in [-0.15, -0.1) is 0 Å². The molecule has 1 fully saturated rings. The van der Waals surface area contributed by atoms with Gasteiger partial charge in [0.05, 0.1) is 0 Å². The molecule has 3 heteroatoms. The number of phenolic OH excluding ortho intramolecular Hbond substituents is 1. The Morgan fingerprint density at radius 2 is 1.94 bits per heavy atom. The highest BCUT2D eigenvalue weighted by atomic mass is 16.3. The summed E-state index contributed by atoms with van der Waals surface area (Å²) in [5.41, 5.74) is 0. The van der Waals surface area contributed by atoms with Crippen molar-refractivity contribution in [2.45, 2.75) is 12.8 Å². The first kappa shape index (κ1) is 9.46. The zero-order valence-electron chi connectivity index (χ0n) is 9.06. The molecule has 1 aromatic carbocycles. The van der Waals surface area contributed by atoms with E-state index < -0.39 is 0 Å². The Balaban J connectivity index is 2.18. The van der Waals surface area contributed by atoms with Gasteiger partial charge >= 0.3 is 0 Å². The lowest BCUT2D eigenvalue weighted by Gasteiger charge is -2.18. The zero-order valence-corrected chi connectivity index (χ0v) is 9.06. The average molecular weight is 214 g/mol. The van der Waals surface area contributed by atoms with Gasteiger partial charge in [0.2, 0.25) is 0 Å². The fourth-order valence-corrected chi connectivity index (χ4v) is 2.32. The van der Waals surface area contributed by atoms with Crippen LogP contribution in [0.15, 0.2) is 30.5 Å². The van der Waals surface area contributed by atoms with Crippen molar-refractivity contribution in [3.63, 3.8) is 0 Å². The summed E-state index contributed by atoms with van der Waals surface area (Å²) in [6.45, 7) is 2.14. The van der Waals surface area contributed by atoms with E-state index >= 15 is 0 Å². The number of pyridine rings is 1. The van der Waals surface area contributed by atoms with Crippen LogP contribution in [0.4, 0.5) is 5.82 Å². The number of aromatic hydroxyl groups is 1. The molecule has 0 radical (unpaired) electrons. The summed E-state index contributed by atoms with van der Waals surface area (Å²) in [5.74, 6) is 1.31. The van der Waals surface area contributed by atoms with Crippen LogP contribution >= 0.6 is 0 Å². The number of hydrogen-bond acceptors (Lipinski definition) is 3. The quantitative estimate of drug-likeness (QED) is 0.792. The van der Waals surface area contributed by atoms with Crippen molar-refractivity contribution >= 4 is 16.6 Å². The highest BCUT2D eigenvalue weighted by molar-refractivity contribution is 5.93. The standard InChI is InChI=1S/C13H14N2O/c16-11-4-3-10-5-6-14-13(12(10)9-11)15-7-1-2-8-15/h3-6,9,16H,1-2,7-8H2. The van der Waals surface area contributed by atoms with Gasteiger partial charge in [-0.3, -0.25) is 0 Å². The maximum Gasteiger partial charge on any atom is 0.136 e. The number of benzene rings is 1. The van der Waals surface area contributed by atoms with Crippen molar-refractivity contribution < 1.29 is 5.11 Å². The maximum absolute atomic E-state index is 9.55. The monoisotopic (exact) mass is 214 g/mol. The van der Waals surface area contributed by atoms with Gasteiger partial charge in [0, 0.05) is 24.7 Å². The summed E-state index contributed by atoms with van der Waals surface area (Å²) >= 11 is 0. The molecule has 0 bridgehead atoms. The number of hydrogen-bond donors (Lipinski definition) is 1. The van der Waals surface area contributed by atoms with E-state index in [0.717, 1.165) is 29.7 Å². The normalized spacial score (nSPS) is 15.9. The first-order valence-corrected chi connectivity index (χ1v) is 5.67. The van der Waals surface area contributed by atoms with Crippen LogP contribution in [0.5, 0.6) is 5.75 Å². The summed E-state index contributed by atoms with van der Waals surface area (Å²) in [6.07, 6.45) is 4.31. The van der Waals surface area contributed by atoms with E-state index in [4.69, 9.17) is 0 Å². The first-order valence-electron chi connectivity index (χ1n) is 5.67. The van der Waals surface area contributed by atoms with Crippen LogP contribution in [-0.4, -0.2) is 23.2 Å². The van der Waals surface area contributed by atoms with Gasteiger partial charge < -0.3 is 10.0 Å². The molecule has 1 saturated heterocycles. The van der Waals surface area contributed by atoms with Gasteiger partial charge in [-0.05, 0) is 36.4 Å². The minimum atomic E-state index is 0.306. The number of fused-ring (bicyclic) bond motifs is 1. The molecule has 16 heavy (non-hydrogen) atoms. The molecule has 2 aromatic rings. The third kappa shape index (κ3) is 1.48. The van der Waals surface area contributed by atoms with Gasteiger partial charge in [0.25, 0.3) is 0 Å². The SMILES string of the molecule is Oc1ccc2ccnc(N3CCCC3)c2c1. The zero-order chi connectivity index (χ0) is 11.0. The Morgan fingerprint density at radius 3 is 2.75 bits per heavy atom. The molecular weight excluding hydrogens is 200 g/mol. The largest absolute Gasteiger partial charge is 0.508 e. The Morgan fingerprint density at radius 1 is 1.12 bits per heavy atom. The van der Waals surface area contributed by atoms with E-state index in [0.29, 0.717) is 5.75 Å². The Kier molecular flexibility index (Phi) is 2.17. The third-order valence-corrected chi connectivity index (χ3v) is 3.13. The van der Waals surface area contributed by atoms with Crippen LogP contribution < -0.4 is 4.90 Å². The number of anilines is 1. The van der Waals surface area contributed by atoms with E-state index in [1.165, 1.54) is 12.8 Å². The second kappa shape index (κ2) is 3.67. The van der Waals surface area contributed by atoms with Gasteiger partial charge in [-0.1, -0.05) is 6.07 Å². The van der Waals surface area contributed by atoms with Crippen LogP contribution in [0.25, 0.3) is 10.8 Å². The van der Waals surface area contributed by atoms with E-state index in [1.54, 1.807) is 12.1 Å². The Labute approximate surface area is 94.3 Å². The Hall–Kier alpha value is -1.77. The molecule has 3 rings (SSSR count). The third-order valence-electron chi connectivity index (χ3n) is 3.13. The van der Waals surface area contributed by atoms with Gasteiger partial charge in [-0.25, -0.2) is 4.98 Å². The van der Waals surface area contributed by atoms with E-state index in [-0.39, 0.29) is 0 Å². The topological polar surface area (TPSA) is 36.4 Å². The van der Waals surface area contributed by atoms with Crippen molar-refractivity contribution in [3.8, 4) is 5.75 Å². The van der Waals surface area contributed by atoms with E-state index in [2.05, 4.69) is 9.88 Å². The minimum Gasteiger partial charge on any atom is -0.508 e. The molecule has 0 amide bonds. The number of rotatable bonds is 1. The fourth-order valence-electron chi connectivity index (χ4n) is 2.32. The summed E-state index contributed by atoms with van der Waals surface area (Å²) in [4.78, 5) is 6.74. The summed E-state index contributed by atoms with van der Waals surface area (Å²) < 4.78 is 0. The molecule has 3 nitrogen and oxygen atoms in total. The lowest BCUT2D eigenvalue weighted by molar-refractivity contribution is 0.476. The maximum atomic E-state index is 9.55. The number of phenols is 1. The van der Waals surface area contributed by atoms with Gasteiger partial charge in [0.1, 0.15) is 11.6 Å². The van der Waals surface area contributed by atoms with Crippen LogP contribution in [0.1, 0.15) is 12.8 Å². The van der Waals surface area contributed by atoms with Crippen molar-refractivity contribution in [2.24, 2.45) is 0 Å². The molecule has 1 aliphatic heterocycles. The average Bonchev–Trinajstić information content (AvgIpc) is 2.81. The molecule has 0 spiro atoms. The molecule has 0 atom stereocenters. The molecule has 0 saturated carbocycles. The number of aromatic nitrogens is 1. The lowest BCUT2D eigenvalue weighted by atomic mass is 10.1. The predicted octanol–water partition coefficient (Wildman–Crippen LogP) is 2.54. The predicted molar refractivity (Wildman–Crippen MR) is 64.9 cm³/mol. The molecule has 2 heterocycles. The summed E-state index contributed by atoms with van der Waals surface area (Å²) in [5, 5.41) is 11.7. The lowest BCUT2D eigenvalue weighted by Crippen LogP contribution is -2.19. The Bertz CT molecular complexity index is 518. The first-order chi connectivity index (χ1) is 7.84. The molecule has 1 aromatic heterocycles. The second-order valence-corrected chi connectivity index (χ2v) is 4.23. The molecule has 1 N–H and O–H groups in total. The number of nitrogens with zero attached hydrogens (tertiary/aromatic N) is 2. The molecular formula is C13H14N2O. The van der Waals surface area contributed by atoms with Gasteiger partial charge in [0.15, 0.2) is 0 Å². The second-order valence-electron chi connectivity index (χ2n) is 4.23. The van der Waals surface area contributed by atoms with Crippen molar-refractivity contribution in [3.05, 3.63) is 30.5 Å². The summed E-state index contributed by atoms with van der Waals surface area (Å²) in [6, 6.07) is 7.44. The highest BCUT2D eigenvalue weighted by Crippen LogP contribution is 2.29. The van der Waals surface area contributed by atoms with Crippen LogP contribution in [0.2, 0.25) is 0 Å². The molecule has 0 unspecified atom stereocenters. The molecule has 0 aliphatic carbocycles. The van der Waals surface area contributed by atoms with Gasteiger partial charge in [-0.2, -0.15) is 0 Å². The van der Waals surface area contributed by atoms with Crippen LogP contribution in [-0.2, 0) is 0 Å². The van der Waals surface area contributed by atoms with Crippen LogP contribution in [0.3, 0.4) is 0 Å². The van der Waals surface area contributed by atoms with E-state index in [9.17, 15) is 5.11 Å². The summed E-state index contributed by atoms with van der Waals surface area (Å²) in [7, 11) is 0. The smallest absolute Gasteiger partial charge is 0.136 e. The van der Waals surface area contributed by atoms with E-state index in [1.807, 2.05) is 18.3 Å². The molecule has 82 valence electrons. The fraction of sp³-hybridized carbons (Fsp3) is 0.308. The minimum absolute atomic E-state index is 0.306. The van der Waals surface area contributed by atoms with Crippen molar-refractivity contribution in [2.75, 3.05) is 18.0 Å². The van der Waals surface area contributed by atoms with Crippen LogP contribution in [0, 0.1) is 0 Å². The van der Waals surface area contributed by atoms with Crippen molar-refractivity contribution in [1.29, 1.82) is 0 Å². The highest BCUT2D eigenvalue weighted by Gasteiger charge is 2.15. The van der Waals surface area contributed by atoms with Crippen molar-refractivity contribution in [1.82, 2.24) is 4.98 Å². The molecule has 1 aliphatic rings.